The van der Waals surface area contributed by atoms with Crippen molar-refractivity contribution in [3.63, 3.8) is 0 Å². The second kappa shape index (κ2) is 6.48. The van der Waals surface area contributed by atoms with E-state index >= 15 is 0 Å². The minimum absolute atomic E-state index is 0.100. The predicted octanol–water partition coefficient (Wildman–Crippen LogP) is 1.50. The summed E-state index contributed by atoms with van der Waals surface area (Å²) in [5.74, 6) is 1.08. The number of hydrogen-bond acceptors (Lipinski definition) is 5. The van der Waals surface area contributed by atoms with Crippen molar-refractivity contribution in [2.45, 2.75) is 51.3 Å². The smallest absolute Gasteiger partial charge is 0.246 e. The van der Waals surface area contributed by atoms with Crippen LogP contribution in [0.4, 0.5) is 0 Å². The van der Waals surface area contributed by atoms with Gasteiger partial charge < -0.3 is 14.5 Å². The Balaban J connectivity index is 2.24. The lowest BCUT2D eigenvalue weighted by molar-refractivity contribution is -0.0441. The van der Waals surface area contributed by atoms with Gasteiger partial charge in [-0.25, -0.2) is 8.42 Å². The highest BCUT2D eigenvalue weighted by molar-refractivity contribution is 7.89. The molecule has 0 spiro atoms. The topological polar surface area (TPSA) is 71.8 Å². The molecule has 1 N–H and O–H groups in total. The van der Waals surface area contributed by atoms with Gasteiger partial charge in [0.05, 0.1) is 18.8 Å². The number of furan rings is 1. The first-order valence-electron chi connectivity index (χ1n) is 7.30. The zero-order valence-corrected chi connectivity index (χ0v) is 13.9. The van der Waals surface area contributed by atoms with Crippen LogP contribution in [-0.4, -0.2) is 44.6 Å². The van der Waals surface area contributed by atoms with Crippen LogP contribution in [0.5, 0.6) is 0 Å². The van der Waals surface area contributed by atoms with Crippen LogP contribution in [-0.2, 0) is 21.3 Å². The van der Waals surface area contributed by atoms with Crippen molar-refractivity contribution in [2.75, 3.05) is 19.6 Å². The normalized spacial score (nSPS) is 24.4. The van der Waals surface area contributed by atoms with E-state index in [1.54, 1.807) is 13.0 Å². The molecule has 1 aliphatic heterocycles. The molecule has 1 aromatic rings. The third kappa shape index (κ3) is 3.66. The van der Waals surface area contributed by atoms with Crippen LogP contribution in [0.1, 0.15) is 32.3 Å². The van der Waals surface area contributed by atoms with Gasteiger partial charge in [0.2, 0.25) is 10.0 Å². The third-order valence-corrected chi connectivity index (χ3v) is 5.42. The lowest BCUT2D eigenvalue weighted by Crippen LogP contribution is -2.48. The number of nitrogens with zero attached hydrogens (tertiary/aromatic N) is 1. The zero-order chi connectivity index (χ0) is 15.6. The van der Waals surface area contributed by atoms with E-state index in [0.717, 1.165) is 6.54 Å². The quantitative estimate of drug-likeness (QED) is 0.891. The third-order valence-electron chi connectivity index (χ3n) is 3.48. The van der Waals surface area contributed by atoms with Gasteiger partial charge in [0.15, 0.2) is 0 Å². The average molecular weight is 316 g/mol. The summed E-state index contributed by atoms with van der Waals surface area (Å²) in [7, 11) is -3.53. The monoisotopic (exact) mass is 316 g/mol. The maximum absolute atomic E-state index is 12.8. The van der Waals surface area contributed by atoms with E-state index in [4.69, 9.17) is 9.15 Å². The molecule has 0 unspecified atom stereocenters. The van der Waals surface area contributed by atoms with Crippen molar-refractivity contribution in [3.05, 3.63) is 17.6 Å². The van der Waals surface area contributed by atoms with Crippen molar-refractivity contribution < 1.29 is 17.6 Å². The number of sulfonamides is 1. The van der Waals surface area contributed by atoms with E-state index in [1.807, 2.05) is 20.8 Å². The Labute approximate surface area is 126 Å². The fourth-order valence-electron chi connectivity index (χ4n) is 2.58. The standard InChI is InChI=1S/C14H24N2O4S/c1-5-15-7-13-6-14(12(4)20-13)21(17,18)16-8-10(2)19-11(3)9-16/h6,10-11,15H,5,7-9H2,1-4H3/t10-,11+. The number of ether oxygens (including phenoxy) is 1. The van der Waals surface area contributed by atoms with Gasteiger partial charge in [0.25, 0.3) is 0 Å². The zero-order valence-electron chi connectivity index (χ0n) is 13.0. The molecule has 0 radical (unpaired) electrons. The maximum Gasteiger partial charge on any atom is 0.246 e. The van der Waals surface area contributed by atoms with Crippen LogP contribution in [0.25, 0.3) is 0 Å². The Morgan fingerprint density at radius 2 is 1.95 bits per heavy atom. The number of hydrogen-bond donors (Lipinski definition) is 1. The number of nitrogens with one attached hydrogen (secondary N) is 1. The van der Waals surface area contributed by atoms with Gasteiger partial charge in [0.1, 0.15) is 16.4 Å². The first-order valence-corrected chi connectivity index (χ1v) is 8.74. The second-order valence-corrected chi connectivity index (χ2v) is 7.40. The minimum Gasteiger partial charge on any atom is -0.464 e. The van der Waals surface area contributed by atoms with Gasteiger partial charge >= 0.3 is 0 Å². The van der Waals surface area contributed by atoms with Crippen molar-refractivity contribution in [1.82, 2.24) is 9.62 Å². The highest BCUT2D eigenvalue weighted by Crippen LogP contribution is 2.26. The predicted molar refractivity (Wildman–Crippen MR) is 79.6 cm³/mol. The van der Waals surface area contributed by atoms with Gasteiger partial charge in [-0.2, -0.15) is 4.31 Å². The summed E-state index contributed by atoms with van der Waals surface area (Å²) >= 11 is 0. The summed E-state index contributed by atoms with van der Waals surface area (Å²) < 4.78 is 38.2. The molecule has 1 aliphatic rings. The molecule has 0 aromatic carbocycles. The highest BCUT2D eigenvalue weighted by atomic mass is 32.2. The van der Waals surface area contributed by atoms with Gasteiger partial charge in [-0.05, 0) is 27.3 Å². The summed E-state index contributed by atoms with van der Waals surface area (Å²) in [6.45, 7) is 9.54. The first kappa shape index (κ1) is 16.5. The van der Waals surface area contributed by atoms with E-state index in [2.05, 4.69) is 5.32 Å². The molecule has 0 bridgehead atoms. The Morgan fingerprint density at radius 3 is 2.52 bits per heavy atom. The molecule has 0 aliphatic carbocycles. The highest BCUT2D eigenvalue weighted by Gasteiger charge is 2.34. The summed E-state index contributed by atoms with van der Waals surface area (Å²) in [5.41, 5.74) is 0. The molecule has 1 fully saturated rings. The summed E-state index contributed by atoms with van der Waals surface area (Å²) in [4.78, 5) is 0.261. The Bertz CT molecular complexity index is 572. The molecule has 21 heavy (non-hydrogen) atoms. The van der Waals surface area contributed by atoms with Crippen molar-refractivity contribution in [3.8, 4) is 0 Å². The van der Waals surface area contributed by atoms with Gasteiger partial charge in [-0.15, -0.1) is 0 Å². The van der Waals surface area contributed by atoms with Crippen LogP contribution >= 0.6 is 0 Å². The summed E-state index contributed by atoms with van der Waals surface area (Å²) in [6.07, 6.45) is -0.200. The molecule has 0 saturated carbocycles. The molecule has 7 heteroatoms. The Hall–Kier alpha value is -0.890. The number of rotatable bonds is 5. The number of aryl methyl sites for hydroxylation is 1. The minimum atomic E-state index is -3.53. The van der Waals surface area contributed by atoms with Crippen LogP contribution in [0.2, 0.25) is 0 Å². The van der Waals surface area contributed by atoms with Gasteiger partial charge in [-0.1, -0.05) is 6.92 Å². The van der Waals surface area contributed by atoms with Crippen LogP contribution < -0.4 is 5.32 Å². The lowest BCUT2D eigenvalue weighted by Gasteiger charge is -2.34. The molecule has 2 rings (SSSR count). The van der Waals surface area contributed by atoms with Crippen LogP contribution in [0.3, 0.4) is 0 Å². The fraction of sp³-hybridized carbons (Fsp3) is 0.714. The summed E-state index contributed by atoms with van der Waals surface area (Å²) in [6, 6.07) is 1.62. The molecule has 120 valence electrons. The number of morpholine rings is 1. The average Bonchev–Trinajstić information content (AvgIpc) is 2.77. The van der Waals surface area contributed by atoms with E-state index in [-0.39, 0.29) is 17.1 Å². The molecule has 1 aromatic heterocycles. The van der Waals surface area contributed by atoms with Crippen LogP contribution in [0, 0.1) is 6.92 Å². The van der Waals surface area contributed by atoms with E-state index in [1.165, 1.54) is 4.31 Å². The van der Waals surface area contributed by atoms with Crippen molar-refractivity contribution in [1.29, 1.82) is 0 Å². The molecular weight excluding hydrogens is 292 g/mol. The van der Waals surface area contributed by atoms with Gasteiger partial charge in [0, 0.05) is 19.2 Å². The maximum atomic E-state index is 12.8. The molecule has 1 saturated heterocycles. The van der Waals surface area contributed by atoms with Crippen molar-refractivity contribution >= 4 is 10.0 Å². The lowest BCUT2D eigenvalue weighted by atomic mass is 10.3. The molecule has 2 heterocycles. The summed E-state index contributed by atoms with van der Waals surface area (Å²) in [5, 5.41) is 3.13. The molecule has 0 amide bonds. The second-order valence-electron chi connectivity index (χ2n) is 5.49. The van der Waals surface area contributed by atoms with Crippen molar-refractivity contribution in [2.24, 2.45) is 0 Å². The Morgan fingerprint density at radius 1 is 1.33 bits per heavy atom. The molecule has 6 nitrogen and oxygen atoms in total. The van der Waals surface area contributed by atoms with E-state index in [0.29, 0.717) is 31.2 Å². The van der Waals surface area contributed by atoms with E-state index in [9.17, 15) is 8.42 Å². The van der Waals surface area contributed by atoms with E-state index < -0.39 is 10.0 Å². The largest absolute Gasteiger partial charge is 0.464 e. The Kier molecular flexibility index (Phi) is 5.08. The first-order chi connectivity index (χ1) is 9.84. The molecular formula is C14H24N2O4S. The van der Waals surface area contributed by atoms with Gasteiger partial charge in [-0.3, -0.25) is 0 Å². The molecule has 2 atom stereocenters. The van der Waals surface area contributed by atoms with Crippen LogP contribution in [0.15, 0.2) is 15.4 Å². The SMILES string of the molecule is CCNCc1cc(S(=O)(=O)N2C[C@@H](C)O[C@@H](C)C2)c(C)o1. The fourth-order valence-corrected chi connectivity index (χ4v) is 4.36.